The Hall–Kier alpha value is -2.83. The molecule has 0 bridgehead atoms. The van der Waals surface area contributed by atoms with Gasteiger partial charge in [0.2, 0.25) is 11.8 Å². The zero-order valence-corrected chi connectivity index (χ0v) is 14.0. The van der Waals surface area contributed by atoms with Crippen molar-refractivity contribution in [3.63, 3.8) is 0 Å². The number of carbonyl (C=O) groups excluding carboxylic acids is 2. The maximum absolute atomic E-state index is 13.8. The third kappa shape index (κ3) is 3.29. The van der Waals surface area contributed by atoms with Crippen LogP contribution in [0.25, 0.3) is 0 Å². The van der Waals surface area contributed by atoms with Crippen molar-refractivity contribution in [2.24, 2.45) is 5.92 Å². The Morgan fingerprint density at radius 1 is 1.19 bits per heavy atom. The fourth-order valence-electron chi connectivity index (χ4n) is 3.16. The van der Waals surface area contributed by atoms with Crippen molar-refractivity contribution in [2.75, 3.05) is 18.9 Å². The molecule has 1 aliphatic rings. The number of carbonyl (C=O) groups is 2. The molecular formula is C19H17F3N2O2. The summed E-state index contributed by atoms with van der Waals surface area (Å²) >= 11 is 0. The lowest BCUT2D eigenvalue weighted by atomic mass is 9.87. The first kappa shape index (κ1) is 18.0. The van der Waals surface area contributed by atoms with Crippen molar-refractivity contribution in [1.82, 2.24) is 4.90 Å². The van der Waals surface area contributed by atoms with Crippen molar-refractivity contribution >= 4 is 17.5 Å². The van der Waals surface area contributed by atoms with Gasteiger partial charge in [0, 0.05) is 19.5 Å². The summed E-state index contributed by atoms with van der Waals surface area (Å²) in [5, 5.41) is 2.30. The van der Waals surface area contributed by atoms with E-state index >= 15 is 0 Å². The first-order valence-electron chi connectivity index (χ1n) is 8.07. The molecule has 0 radical (unpaired) electrons. The molecule has 0 spiro atoms. The quantitative estimate of drug-likeness (QED) is 0.849. The van der Waals surface area contributed by atoms with E-state index in [2.05, 4.69) is 5.32 Å². The van der Waals surface area contributed by atoms with E-state index in [9.17, 15) is 22.8 Å². The predicted octanol–water partition coefficient (Wildman–Crippen LogP) is 3.24. The molecule has 2 atom stereocenters. The number of hydrogen-bond acceptors (Lipinski definition) is 2. The first-order chi connectivity index (χ1) is 12.4. The van der Waals surface area contributed by atoms with E-state index < -0.39 is 42.0 Å². The number of rotatable bonds is 4. The highest BCUT2D eigenvalue weighted by Gasteiger charge is 2.44. The van der Waals surface area contributed by atoms with Gasteiger partial charge in [-0.2, -0.15) is 0 Å². The highest BCUT2D eigenvalue weighted by molar-refractivity contribution is 6.08. The van der Waals surface area contributed by atoms with Crippen molar-refractivity contribution in [3.05, 3.63) is 65.2 Å². The summed E-state index contributed by atoms with van der Waals surface area (Å²) in [6, 6.07) is 9.98. The van der Waals surface area contributed by atoms with Crippen LogP contribution in [0, 0.1) is 17.6 Å². The third-order valence-corrected chi connectivity index (χ3v) is 4.57. The summed E-state index contributed by atoms with van der Waals surface area (Å²) in [5.41, 5.74) is 0.887. The van der Waals surface area contributed by atoms with E-state index in [1.54, 1.807) is 31.3 Å². The Bertz CT molecular complexity index is 839. The molecular weight excluding hydrogens is 345 g/mol. The minimum absolute atomic E-state index is 0.303. The average molecular weight is 362 g/mol. The van der Waals surface area contributed by atoms with Gasteiger partial charge >= 0.3 is 0 Å². The molecule has 2 unspecified atom stereocenters. The standard InChI is InChI=1S/C19H17F3N2O2/c1-24-10-13(12-7-5-11(9-20)6-8-12)16(19(24)26)18(25)23-15-4-2-3-14(21)17(15)22/h2-8,13,16H,9-10H2,1H3,(H,23,25). The van der Waals surface area contributed by atoms with Gasteiger partial charge in [-0.15, -0.1) is 0 Å². The molecule has 1 heterocycles. The van der Waals surface area contributed by atoms with Gasteiger partial charge in [0.05, 0.1) is 5.69 Å². The van der Waals surface area contributed by atoms with E-state index in [1.807, 2.05) is 0 Å². The van der Waals surface area contributed by atoms with Crippen LogP contribution >= 0.6 is 0 Å². The second-order valence-electron chi connectivity index (χ2n) is 6.27. The van der Waals surface area contributed by atoms with Crippen LogP contribution in [0.2, 0.25) is 0 Å². The first-order valence-corrected chi connectivity index (χ1v) is 8.07. The second kappa shape index (κ2) is 7.19. The molecule has 26 heavy (non-hydrogen) atoms. The van der Waals surface area contributed by atoms with Gasteiger partial charge in [-0.3, -0.25) is 9.59 Å². The number of anilines is 1. The summed E-state index contributed by atoms with van der Waals surface area (Å²) in [6.07, 6.45) is 0. The monoisotopic (exact) mass is 362 g/mol. The third-order valence-electron chi connectivity index (χ3n) is 4.57. The van der Waals surface area contributed by atoms with Crippen molar-refractivity contribution in [1.29, 1.82) is 0 Å². The van der Waals surface area contributed by atoms with Crippen molar-refractivity contribution in [3.8, 4) is 0 Å². The van der Waals surface area contributed by atoms with Crippen LogP contribution in [0.15, 0.2) is 42.5 Å². The average Bonchev–Trinajstić information content (AvgIpc) is 2.94. The lowest BCUT2D eigenvalue weighted by Crippen LogP contribution is -2.33. The van der Waals surface area contributed by atoms with Gasteiger partial charge in [-0.1, -0.05) is 30.3 Å². The molecule has 3 rings (SSSR count). The molecule has 1 saturated heterocycles. The predicted molar refractivity (Wildman–Crippen MR) is 90.1 cm³/mol. The molecule has 2 aromatic carbocycles. The number of halogens is 3. The maximum Gasteiger partial charge on any atom is 0.237 e. The number of hydrogen-bond donors (Lipinski definition) is 1. The van der Waals surface area contributed by atoms with E-state index in [1.165, 1.54) is 17.0 Å². The highest BCUT2D eigenvalue weighted by atomic mass is 19.2. The Morgan fingerprint density at radius 3 is 2.54 bits per heavy atom. The molecule has 1 fully saturated rings. The highest BCUT2D eigenvalue weighted by Crippen LogP contribution is 2.34. The molecule has 0 aliphatic carbocycles. The topological polar surface area (TPSA) is 49.4 Å². The van der Waals surface area contributed by atoms with E-state index in [-0.39, 0.29) is 5.69 Å². The summed E-state index contributed by atoms with van der Waals surface area (Å²) in [6.45, 7) is -0.302. The maximum atomic E-state index is 13.8. The van der Waals surface area contributed by atoms with Gasteiger partial charge in [0.25, 0.3) is 0 Å². The molecule has 2 amide bonds. The molecule has 1 aliphatic heterocycles. The minimum Gasteiger partial charge on any atom is -0.344 e. The largest absolute Gasteiger partial charge is 0.344 e. The lowest BCUT2D eigenvalue weighted by Gasteiger charge is -2.17. The molecule has 136 valence electrons. The number of nitrogens with one attached hydrogen (secondary N) is 1. The van der Waals surface area contributed by atoms with Crippen LogP contribution < -0.4 is 5.32 Å². The van der Waals surface area contributed by atoms with Gasteiger partial charge in [0.1, 0.15) is 12.6 Å². The van der Waals surface area contributed by atoms with E-state index in [4.69, 9.17) is 0 Å². The number of likely N-dealkylation sites (tertiary alicyclic amines) is 1. The van der Waals surface area contributed by atoms with Crippen LogP contribution in [-0.4, -0.2) is 30.3 Å². The Labute approximate surface area is 148 Å². The SMILES string of the molecule is CN1CC(c2ccc(CF)cc2)C(C(=O)Nc2cccc(F)c2F)C1=O. The van der Waals surface area contributed by atoms with Crippen LogP contribution in [0.3, 0.4) is 0 Å². The van der Waals surface area contributed by atoms with Crippen LogP contribution in [0.1, 0.15) is 17.0 Å². The van der Waals surface area contributed by atoms with E-state index in [0.717, 1.165) is 6.07 Å². The molecule has 2 aromatic rings. The molecule has 0 aromatic heterocycles. The lowest BCUT2D eigenvalue weighted by molar-refractivity contribution is -0.135. The zero-order chi connectivity index (χ0) is 18.8. The van der Waals surface area contributed by atoms with E-state index in [0.29, 0.717) is 17.7 Å². The molecule has 4 nitrogen and oxygen atoms in total. The van der Waals surface area contributed by atoms with Gasteiger partial charge in [0.15, 0.2) is 11.6 Å². The summed E-state index contributed by atoms with van der Waals surface area (Å²) in [7, 11) is 1.57. The van der Waals surface area contributed by atoms with Crippen LogP contribution in [-0.2, 0) is 16.3 Å². The van der Waals surface area contributed by atoms with Gasteiger partial charge in [-0.25, -0.2) is 13.2 Å². The van der Waals surface area contributed by atoms with Crippen molar-refractivity contribution in [2.45, 2.75) is 12.6 Å². The Balaban J connectivity index is 1.87. The fraction of sp³-hybridized carbons (Fsp3) is 0.263. The van der Waals surface area contributed by atoms with Gasteiger partial charge in [-0.05, 0) is 23.3 Å². The normalized spacial score (nSPS) is 19.7. The fourth-order valence-corrected chi connectivity index (χ4v) is 3.16. The summed E-state index contributed by atoms with van der Waals surface area (Å²) in [5.74, 6) is -4.90. The van der Waals surface area contributed by atoms with Crippen LogP contribution in [0.4, 0.5) is 18.9 Å². The minimum atomic E-state index is -1.18. The summed E-state index contributed by atoms with van der Waals surface area (Å²) < 4.78 is 39.8. The Kier molecular flexibility index (Phi) is 4.97. The van der Waals surface area contributed by atoms with Crippen molar-refractivity contribution < 1.29 is 22.8 Å². The number of alkyl halides is 1. The van der Waals surface area contributed by atoms with Crippen LogP contribution in [0.5, 0.6) is 0 Å². The second-order valence-corrected chi connectivity index (χ2v) is 6.27. The molecule has 1 N–H and O–H groups in total. The van der Waals surface area contributed by atoms with Gasteiger partial charge < -0.3 is 10.2 Å². The number of likely N-dealkylation sites (N-methyl/N-ethyl adjacent to an activating group) is 1. The number of amides is 2. The molecule has 7 heteroatoms. The zero-order valence-electron chi connectivity index (χ0n) is 14.0. The molecule has 0 saturated carbocycles. The smallest absolute Gasteiger partial charge is 0.237 e. The summed E-state index contributed by atoms with van der Waals surface area (Å²) in [4.78, 5) is 26.5. The number of nitrogens with zero attached hydrogens (tertiary/aromatic N) is 1. The Morgan fingerprint density at radius 2 is 1.88 bits per heavy atom. The number of benzene rings is 2.